The predicted octanol–water partition coefficient (Wildman–Crippen LogP) is 3.25. The lowest BCUT2D eigenvalue weighted by Gasteiger charge is -2.20. The van der Waals surface area contributed by atoms with Crippen LogP contribution in [0.4, 0.5) is 5.69 Å². The minimum Gasteiger partial charge on any atom is -0.484 e. The number of anilines is 1. The van der Waals surface area contributed by atoms with E-state index in [1.165, 1.54) is 5.01 Å². The topological polar surface area (TPSA) is 119 Å². The molecule has 0 unspecified atom stereocenters. The number of hydrazone groups is 1. The number of nitrogens with one attached hydrogen (secondary N) is 1. The minimum absolute atomic E-state index is 0.122. The molecule has 8 nitrogen and oxygen atoms in total. The van der Waals surface area contributed by atoms with Crippen molar-refractivity contribution in [1.82, 2.24) is 9.99 Å². The lowest BCUT2D eigenvalue weighted by Crippen LogP contribution is -2.38. The highest BCUT2D eigenvalue weighted by molar-refractivity contribution is 5.98. The Morgan fingerprint density at radius 1 is 1.00 bits per heavy atom. The third-order valence-electron chi connectivity index (χ3n) is 5.00. The van der Waals surface area contributed by atoms with Gasteiger partial charge in [0, 0.05) is 29.0 Å². The van der Waals surface area contributed by atoms with E-state index in [0.29, 0.717) is 23.8 Å². The number of hydrazine groups is 1. The molecule has 33 heavy (non-hydrogen) atoms. The maximum Gasteiger partial charge on any atom is 0.262 e. The third-order valence-corrected chi connectivity index (χ3v) is 5.00. The molecule has 3 aromatic carbocycles. The Kier molecular flexibility index (Phi) is 6.77. The number of ether oxygens (including phenoxy) is 1. The summed E-state index contributed by atoms with van der Waals surface area (Å²) in [4.78, 5) is 16.4. The first kappa shape index (κ1) is 21.8. The van der Waals surface area contributed by atoms with Gasteiger partial charge in [0.2, 0.25) is 0 Å². The second-order valence-corrected chi connectivity index (χ2v) is 7.37. The van der Waals surface area contributed by atoms with Gasteiger partial charge < -0.3 is 15.9 Å². The molecule has 166 valence electrons. The second kappa shape index (κ2) is 10.3. The van der Waals surface area contributed by atoms with Gasteiger partial charge in [0.05, 0.1) is 6.54 Å². The average molecular weight is 441 g/mol. The Bertz CT molecular complexity index is 1260. The molecule has 0 atom stereocenters. The number of fused-ring (bicyclic) bond motifs is 1. The smallest absolute Gasteiger partial charge is 0.262 e. The molecule has 0 radical (unpaired) electrons. The van der Waals surface area contributed by atoms with E-state index in [2.05, 4.69) is 15.4 Å². The summed E-state index contributed by atoms with van der Waals surface area (Å²) in [6.45, 7) is 0.336. The van der Waals surface area contributed by atoms with Gasteiger partial charge in [0.15, 0.2) is 12.4 Å². The van der Waals surface area contributed by atoms with E-state index in [4.69, 9.17) is 16.4 Å². The largest absolute Gasteiger partial charge is 0.484 e. The molecular formula is C25H24N6O2. The summed E-state index contributed by atoms with van der Waals surface area (Å²) in [5.41, 5.74) is 2.47. The van der Waals surface area contributed by atoms with Crippen LogP contribution in [-0.2, 0) is 11.3 Å². The lowest BCUT2D eigenvalue weighted by molar-refractivity contribution is -0.118. The molecule has 8 heteroatoms. The molecule has 0 bridgehead atoms. The van der Waals surface area contributed by atoms with Gasteiger partial charge in [-0.25, -0.2) is 5.84 Å². The lowest BCUT2D eigenvalue weighted by atomic mass is 10.1. The summed E-state index contributed by atoms with van der Waals surface area (Å²) in [6, 6.07) is 24.4. The molecule has 1 heterocycles. The van der Waals surface area contributed by atoms with Gasteiger partial charge in [0.1, 0.15) is 5.75 Å². The number of pyridine rings is 1. The zero-order valence-electron chi connectivity index (χ0n) is 17.9. The first-order valence-electron chi connectivity index (χ1n) is 10.3. The van der Waals surface area contributed by atoms with Crippen LogP contribution in [0.15, 0.2) is 96.4 Å². The van der Waals surface area contributed by atoms with Crippen LogP contribution in [0.3, 0.4) is 0 Å². The average Bonchev–Trinajstić information content (AvgIpc) is 2.84. The van der Waals surface area contributed by atoms with Crippen molar-refractivity contribution in [2.75, 3.05) is 11.9 Å². The van der Waals surface area contributed by atoms with Crippen molar-refractivity contribution in [3.05, 3.63) is 102 Å². The standard InChI is InChI=1S/C25H24N6O2/c26-30-25(31(27)16-18-4-2-1-3-5-18)19-7-10-23(11-8-19)33-17-24(32)29-22-9-6-21-15-28-13-12-20(21)14-22/h1-15H,16-17,26-27H2,(H,29,32)/b30-25-. The maximum absolute atomic E-state index is 12.3. The van der Waals surface area contributed by atoms with Crippen LogP contribution in [0.1, 0.15) is 11.1 Å². The first-order chi connectivity index (χ1) is 16.1. The fraction of sp³-hybridized carbons (Fsp3) is 0.0800. The van der Waals surface area contributed by atoms with Crippen LogP contribution >= 0.6 is 0 Å². The summed E-state index contributed by atoms with van der Waals surface area (Å²) in [6.07, 6.45) is 3.49. The van der Waals surface area contributed by atoms with Gasteiger partial charge in [-0.05, 0) is 53.4 Å². The third kappa shape index (κ3) is 5.63. The van der Waals surface area contributed by atoms with E-state index >= 15 is 0 Å². The zero-order valence-corrected chi connectivity index (χ0v) is 17.9. The molecule has 0 aliphatic carbocycles. The number of carbonyl (C=O) groups excluding carboxylic acids is 1. The maximum atomic E-state index is 12.3. The molecule has 0 spiro atoms. The molecule has 0 saturated carbocycles. The monoisotopic (exact) mass is 440 g/mol. The quantitative estimate of drug-likeness (QED) is 0.176. The highest BCUT2D eigenvalue weighted by atomic mass is 16.5. The van der Waals surface area contributed by atoms with Gasteiger partial charge in [-0.15, -0.1) is 0 Å². The Morgan fingerprint density at radius 2 is 1.79 bits per heavy atom. The van der Waals surface area contributed by atoms with Crippen molar-refractivity contribution in [2.24, 2.45) is 16.8 Å². The number of hydrogen-bond acceptors (Lipinski definition) is 6. The number of carbonyl (C=O) groups is 1. The van der Waals surface area contributed by atoms with Crippen molar-refractivity contribution in [1.29, 1.82) is 0 Å². The number of benzene rings is 3. The molecule has 0 saturated heterocycles. The molecule has 0 aliphatic heterocycles. The summed E-state index contributed by atoms with van der Waals surface area (Å²) in [5.74, 6) is 12.5. The SMILES string of the molecule is N/N=C(/c1ccc(OCC(=O)Nc2ccc3cnccc3c2)cc1)N(N)Cc1ccccc1. The summed E-state index contributed by atoms with van der Waals surface area (Å²) >= 11 is 0. The molecule has 1 aromatic heterocycles. The molecule has 4 rings (SSSR count). The molecule has 4 aromatic rings. The summed E-state index contributed by atoms with van der Waals surface area (Å²) in [7, 11) is 0. The van der Waals surface area contributed by atoms with E-state index in [9.17, 15) is 4.79 Å². The second-order valence-electron chi connectivity index (χ2n) is 7.37. The van der Waals surface area contributed by atoms with Gasteiger partial charge >= 0.3 is 0 Å². The van der Waals surface area contributed by atoms with Gasteiger partial charge in [-0.1, -0.05) is 36.4 Å². The van der Waals surface area contributed by atoms with Crippen molar-refractivity contribution in [3.8, 4) is 5.75 Å². The number of amides is 1. The normalized spacial score (nSPS) is 11.2. The van der Waals surface area contributed by atoms with E-state index < -0.39 is 0 Å². The van der Waals surface area contributed by atoms with Crippen molar-refractivity contribution in [3.63, 3.8) is 0 Å². The molecule has 1 amide bonds. The number of nitrogens with two attached hydrogens (primary N) is 2. The van der Waals surface area contributed by atoms with Crippen LogP contribution < -0.4 is 21.7 Å². The number of rotatable bonds is 7. The van der Waals surface area contributed by atoms with Crippen LogP contribution in [0.5, 0.6) is 5.75 Å². The Balaban J connectivity index is 1.33. The van der Waals surface area contributed by atoms with Gasteiger partial charge in [-0.3, -0.25) is 14.8 Å². The minimum atomic E-state index is -0.257. The first-order valence-corrected chi connectivity index (χ1v) is 10.3. The Labute approximate surface area is 191 Å². The molecule has 5 N–H and O–H groups in total. The van der Waals surface area contributed by atoms with Crippen LogP contribution in [0, 0.1) is 0 Å². The van der Waals surface area contributed by atoms with Gasteiger partial charge in [-0.2, -0.15) is 5.10 Å². The van der Waals surface area contributed by atoms with Crippen molar-refractivity contribution < 1.29 is 9.53 Å². The Hall–Kier alpha value is -4.43. The fourth-order valence-corrected chi connectivity index (χ4v) is 3.38. The van der Waals surface area contributed by atoms with E-state index in [1.54, 1.807) is 36.7 Å². The molecule has 0 aliphatic rings. The van der Waals surface area contributed by atoms with E-state index in [-0.39, 0.29) is 12.5 Å². The predicted molar refractivity (Wildman–Crippen MR) is 129 cm³/mol. The fourth-order valence-electron chi connectivity index (χ4n) is 3.38. The highest BCUT2D eigenvalue weighted by Gasteiger charge is 2.12. The van der Waals surface area contributed by atoms with Crippen LogP contribution in [-0.4, -0.2) is 28.3 Å². The number of hydrogen-bond donors (Lipinski definition) is 3. The van der Waals surface area contributed by atoms with Crippen LogP contribution in [0.2, 0.25) is 0 Å². The van der Waals surface area contributed by atoms with E-state index in [1.807, 2.05) is 54.6 Å². The number of nitrogens with zero attached hydrogens (tertiary/aromatic N) is 3. The highest BCUT2D eigenvalue weighted by Crippen LogP contribution is 2.18. The van der Waals surface area contributed by atoms with Gasteiger partial charge in [0.25, 0.3) is 5.91 Å². The Morgan fingerprint density at radius 3 is 2.55 bits per heavy atom. The summed E-state index contributed by atoms with van der Waals surface area (Å²) < 4.78 is 5.61. The number of amidine groups is 1. The summed E-state index contributed by atoms with van der Waals surface area (Å²) in [5, 5.41) is 10.2. The van der Waals surface area contributed by atoms with Crippen molar-refractivity contribution >= 4 is 28.2 Å². The number of aromatic nitrogens is 1. The zero-order chi connectivity index (χ0) is 23.0. The van der Waals surface area contributed by atoms with Crippen LogP contribution in [0.25, 0.3) is 10.8 Å². The molecular weight excluding hydrogens is 416 g/mol. The van der Waals surface area contributed by atoms with E-state index in [0.717, 1.165) is 21.9 Å². The van der Waals surface area contributed by atoms with Crippen molar-refractivity contribution in [2.45, 2.75) is 6.54 Å². The molecule has 0 fully saturated rings.